The standard InChI is InChI=1S/C18H22N2O3S2/c1-22-14-7-6-13(15(11-14)23-2)10-16-17(21)20(18(24)25-16)12-19-8-4-3-5-9-19/h6-7,10-11H,3-5,8-9,12H2,1-2H3/b16-10-. The van der Waals surface area contributed by atoms with Gasteiger partial charge < -0.3 is 9.47 Å². The average Bonchev–Trinajstić information content (AvgIpc) is 2.90. The third-order valence-corrected chi connectivity index (χ3v) is 5.77. The molecule has 1 aromatic carbocycles. The van der Waals surface area contributed by atoms with Gasteiger partial charge >= 0.3 is 0 Å². The number of methoxy groups -OCH3 is 2. The molecule has 5 nitrogen and oxygen atoms in total. The predicted molar refractivity (Wildman–Crippen MR) is 105 cm³/mol. The molecular formula is C18H22N2O3S2. The van der Waals surface area contributed by atoms with E-state index in [4.69, 9.17) is 21.7 Å². The molecule has 0 aromatic heterocycles. The van der Waals surface area contributed by atoms with Crippen LogP contribution in [0.15, 0.2) is 23.1 Å². The quantitative estimate of drug-likeness (QED) is 0.578. The van der Waals surface area contributed by atoms with Crippen LogP contribution in [0.5, 0.6) is 11.5 Å². The van der Waals surface area contributed by atoms with Gasteiger partial charge in [0.1, 0.15) is 15.8 Å². The number of hydrogen-bond acceptors (Lipinski definition) is 6. The Kier molecular flexibility index (Phi) is 5.98. The molecule has 2 heterocycles. The molecule has 0 aliphatic carbocycles. The van der Waals surface area contributed by atoms with Gasteiger partial charge in [-0.05, 0) is 44.1 Å². The first kappa shape index (κ1) is 18.2. The molecule has 0 unspecified atom stereocenters. The zero-order valence-corrected chi connectivity index (χ0v) is 16.1. The summed E-state index contributed by atoms with van der Waals surface area (Å²) < 4.78 is 11.2. The van der Waals surface area contributed by atoms with E-state index in [-0.39, 0.29) is 5.91 Å². The van der Waals surface area contributed by atoms with E-state index in [1.54, 1.807) is 25.2 Å². The zero-order valence-electron chi connectivity index (χ0n) is 14.5. The van der Waals surface area contributed by atoms with Crippen molar-refractivity contribution in [3.63, 3.8) is 0 Å². The largest absolute Gasteiger partial charge is 0.497 e. The molecule has 1 amide bonds. The second-order valence-corrected chi connectivity index (χ2v) is 7.71. The first-order chi connectivity index (χ1) is 12.1. The van der Waals surface area contributed by atoms with E-state index in [1.165, 1.54) is 31.0 Å². The Morgan fingerprint density at radius 3 is 2.64 bits per heavy atom. The Morgan fingerprint density at radius 2 is 1.96 bits per heavy atom. The van der Waals surface area contributed by atoms with Crippen molar-refractivity contribution in [3.8, 4) is 11.5 Å². The second kappa shape index (κ2) is 8.21. The summed E-state index contributed by atoms with van der Waals surface area (Å²) in [5.74, 6) is 1.35. The molecule has 7 heteroatoms. The Balaban J connectivity index is 1.78. The van der Waals surface area contributed by atoms with Crippen molar-refractivity contribution < 1.29 is 14.3 Å². The molecule has 2 aliphatic heterocycles. The van der Waals surface area contributed by atoms with E-state index in [2.05, 4.69) is 4.90 Å². The fourth-order valence-corrected chi connectivity index (χ4v) is 4.23. The number of thioether (sulfide) groups is 1. The predicted octanol–water partition coefficient (Wildman–Crippen LogP) is 3.35. The van der Waals surface area contributed by atoms with Crippen LogP contribution in [0.1, 0.15) is 24.8 Å². The number of likely N-dealkylation sites (tertiary alicyclic amines) is 1. The fourth-order valence-electron chi connectivity index (χ4n) is 3.00. The van der Waals surface area contributed by atoms with Gasteiger partial charge in [0, 0.05) is 11.6 Å². The maximum atomic E-state index is 12.8. The second-order valence-electron chi connectivity index (χ2n) is 6.04. The van der Waals surface area contributed by atoms with Crippen LogP contribution in [0.3, 0.4) is 0 Å². The Labute approximate surface area is 157 Å². The maximum Gasteiger partial charge on any atom is 0.267 e. The molecule has 0 saturated carbocycles. The monoisotopic (exact) mass is 378 g/mol. The molecule has 3 rings (SSSR count). The SMILES string of the molecule is COc1ccc(/C=C2\SC(=S)N(CN3CCCCC3)C2=O)c(OC)c1. The molecule has 2 saturated heterocycles. The van der Waals surface area contributed by atoms with Crippen LogP contribution in [-0.4, -0.2) is 54.0 Å². The van der Waals surface area contributed by atoms with Crippen molar-refractivity contribution in [2.24, 2.45) is 0 Å². The third kappa shape index (κ3) is 4.16. The lowest BCUT2D eigenvalue weighted by Gasteiger charge is -2.29. The van der Waals surface area contributed by atoms with Crippen LogP contribution in [-0.2, 0) is 4.79 Å². The van der Waals surface area contributed by atoms with Crippen molar-refractivity contribution in [2.45, 2.75) is 19.3 Å². The normalized spacial score (nSPS) is 20.4. The van der Waals surface area contributed by atoms with E-state index < -0.39 is 0 Å². The van der Waals surface area contributed by atoms with Crippen molar-refractivity contribution in [3.05, 3.63) is 28.7 Å². The third-order valence-electron chi connectivity index (χ3n) is 4.39. The van der Waals surface area contributed by atoms with Gasteiger partial charge in [0.25, 0.3) is 5.91 Å². The van der Waals surface area contributed by atoms with Crippen molar-refractivity contribution in [1.29, 1.82) is 0 Å². The maximum absolute atomic E-state index is 12.8. The molecule has 0 spiro atoms. The van der Waals surface area contributed by atoms with E-state index in [0.29, 0.717) is 27.4 Å². The van der Waals surface area contributed by atoms with Gasteiger partial charge in [-0.1, -0.05) is 30.4 Å². The number of ether oxygens (including phenoxy) is 2. The van der Waals surface area contributed by atoms with Crippen LogP contribution in [0.2, 0.25) is 0 Å². The van der Waals surface area contributed by atoms with E-state index in [9.17, 15) is 4.79 Å². The zero-order chi connectivity index (χ0) is 17.8. The van der Waals surface area contributed by atoms with Gasteiger partial charge in [-0.15, -0.1) is 0 Å². The summed E-state index contributed by atoms with van der Waals surface area (Å²) in [7, 11) is 3.22. The first-order valence-corrected chi connectivity index (χ1v) is 9.54. The van der Waals surface area contributed by atoms with Crippen LogP contribution in [0.4, 0.5) is 0 Å². The summed E-state index contributed by atoms with van der Waals surface area (Å²) >= 11 is 6.78. The lowest BCUT2D eigenvalue weighted by Crippen LogP contribution is -2.42. The van der Waals surface area contributed by atoms with Gasteiger partial charge in [-0.25, -0.2) is 0 Å². The molecule has 0 N–H and O–H groups in total. The molecule has 0 radical (unpaired) electrons. The molecule has 25 heavy (non-hydrogen) atoms. The number of carbonyl (C=O) groups is 1. The highest BCUT2D eigenvalue weighted by Gasteiger charge is 2.33. The van der Waals surface area contributed by atoms with Crippen molar-refractivity contribution in [1.82, 2.24) is 9.80 Å². The van der Waals surface area contributed by atoms with Crippen LogP contribution in [0, 0.1) is 0 Å². The highest BCUT2D eigenvalue weighted by atomic mass is 32.2. The smallest absolute Gasteiger partial charge is 0.267 e. The Hall–Kier alpha value is -1.57. The molecule has 2 fully saturated rings. The summed E-state index contributed by atoms with van der Waals surface area (Å²) in [6.45, 7) is 2.65. The summed E-state index contributed by atoms with van der Waals surface area (Å²) in [6, 6.07) is 5.54. The summed E-state index contributed by atoms with van der Waals surface area (Å²) in [4.78, 5) is 17.4. The molecule has 134 valence electrons. The lowest BCUT2D eigenvalue weighted by molar-refractivity contribution is -0.123. The van der Waals surface area contributed by atoms with Gasteiger partial charge in [-0.3, -0.25) is 14.6 Å². The highest BCUT2D eigenvalue weighted by molar-refractivity contribution is 8.26. The number of hydrogen-bond donors (Lipinski definition) is 0. The Bertz CT molecular complexity index is 700. The van der Waals surface area contributed by atoms with Crippen molar-refractivity contribution >= 4 is 40.3 Å². The van der Waals surface area contributed by atoms with Gasteiger partial charge in [0.05, 0.1) is 25.8 Å². The molecule has 1 aromatic rings. The number of nitrogens with zero attached hydrogens (tertiary/aromatic N) is 2. The topological polar surface area (TPSA) is 42.0 Å². The first-order valence-electron chi connectivity index (χ1n) is 8.32. The molecular weight excluding hydrogens is 356 g/mol. The minimum Gasteiger partial charge on any atom is -0.497 e. The Morgan fingerprint density at radius 1 is 1.20 bits per heavy atom. The van der Waals surface area contributed by atoms with Gasteiger partial charge in [0.2, 0.25) is 0 Å². The lowest BCUT2D eigenvalue weighted by atomic mass is 10.1. The van der Waals surface area contributed by atoms with E-state index >= 15 is 0 Å². The number of benzene rings is 1. The number of rotatable bonds is 5. The molecule has 0 atom stereocenters. The summed E-state index contributed by atoms with van der Waals surface area (Å²) in [5.41, 5.74) is 0.835. The van der Waals surface area contributed by atoms with Gasteiger partial charge in [0.15, 0.2) is 0 Å². The highest BCUT2D eigenvalue weighted by Crippen LogP contribution is 2.35. The summed E-state index contributed by atoms with van der Waals surface area (Å²) in [5, 5.41) is 0. The summed E-state index contributed by atoms with van der Waals surface area (Å²) in [6.07, 6.45) is 5.49. The average molecular weight is 379 g/mol. The van der Waals surface area contributed by atoms with Crippen LogP contribution in [0.25, 0.3) is 6.08 Å². The van der Waals surface area contributed by atoms with Gasteiger partial charge in [-0.2, -0.15) is 0 Å². The number of carbonyl (C=O) groups excluding carboxylic acids is 1. The number of thiocarbonyl (C=S) groups is 1. The van der Waals surface area contributed by atoms with E-state index in [0.717, 1.165) is 18.7 Å². The fraction of sp³-hybridized carbons (Fsp3) is 0.444. The van der Waals surface area contributed by atoms with Crippen molar-refractivity contribution in [2.75, 3.05) is 34.0 Å². The molecule has 2 aliphatic rings. The van der Waals surface area contributed by atoms with Crippen LogP contribution < -0.4 is 9.47 Å². The number of amides is 1. The van der Waals surface area contributed by atoms with E-state index in [1.807, 2.05) is 18.2 Å². The molecule has 0 bridgehead atoms. The van der Waals surface area contributed by atoms with Crippen LogP contribution >= 0.6 is 24.0 Å². The minimum absolute atomic E-state index is 0.0292. The minimum atomic E-state index is -0.0292. The number of piperidine rings is 1.